The van der Waals surface area contributed by atoms with Crippen molar-refractivity contribution in [3.05, 3.63) is 89.1 Å². The Bertz CT molecular complexity index is 2570. The number of azo groups is 1. The van der Waals surface area contributed by atoms with Crippen molar-refractivity contribution < 1.29 is 56.0 Å². The summed E-state index contributed by atoms with van der Waals surface area (Å²) in [5, 5.41) is 47.0. The van der Waals surface area contributed by atoms with E-state index >= 15 is 0 Å². The maximum Gasteiger partial charge on any atom is 0.337 e. The summed E-state index contributed by atoms with van der Waals surface area (Å²) < 4.78 is 68.7. The molecule has 0 aliphatic carbocycles. The number of nitrogens with one attached hydrogen (secondary N) is 2. The van der Waals surface area contributed by atoms with E-state index in [2.05, 4.69) is 35.2 Å². The number of fused-ring (bicyclic) bond motifs is 1. The van der Waals surface area contributed by atoms with Crippen molar-refractivity contribution in [1.82, 2.24) is 15.0 Å². The normalized spacial score (nSPS) is 12.7. The van der Waals surface area contributed by atoms with Crippen molar-refractivity contribution in [2.75, 3.05) is 0 Å². The van der Waals surface area contributed by atoms with Crippen LogP contribution in [0.15, 0.2) is 96.7 Å². The van der Waals surface area contributed by atoms with Gasteiger partial charge in [-0.3, -0.25) is 19.1 Å². The Balaban J connectivity index is 0.00000541. The molecule has 0 bridgehead atoms. The second-order valence-corrected chi connectivity index (χ2v) is 12.3. The van der Waals surface area contributed by atoms with Gasteiger partial charge in [-0.25, -0.2) is 19.6 Å². The maximum absolute atomic E-state index is 12.4. The third kappa shape index (κ3) is 7.90. The van der Waals surface area contributed by atoms with Gasteiger partial charge in [0.25, 0.3) is 26.2 Å². The van der Waals surface area contributed by atoms with Crippen LogP contribution in [0.5, 0.6) is 11.8 Å². The molecule has 0 saturated carbocycles. The minimum Gasteiger partial charge on any atom is -0.505 e. The summed E-state index contributed by atoms with van der Waals surface area (Å²) in [5.41, 5.74) is -3.20. The van der Waals surface area contributed by atoms with Crippen molar-refractivity contribution in [3.63, 3.8) is 0 Å². The van der Waals surface area contributed by atoms with Crippen molar-refractivity contribution >= 4 is 84.6 Å². The van der Waals surface area contributed by atoms with Gasteiger partial charge in [-0.15, -0.1) is 10.2 Å². The molecule has 1 aromatic heterocycles. The molecule has 1 radical (unpaired) electrons. The SMILES string of the molecule is O=C(O)c1ccccc1N=Nc1c(S(=O)(=O)O)cc2cc(S(=O)(=O)O)cc(N=c3[nH]c(O)nc(=Nc4ccccc4C(=O)O)[nH]3)c2c1O.[Li]. The average molecular weight is 705 g/mol. The molecule has 49 heavy (non-hydrogen) atoms. The van der Waals surface area contributed by atoms with Gasteiger partial charge in [0.2, 0.25) is 11.2 Å². The zero-order valence-electron chi connectivity index (χ0n) is 24.5. The number of nitrogens with zero attached hydrogens (tertiary/aromatic N) is 5. The Morgan fingerprint density at radius 3 is 1.90 bits per heavy atom. The monoisotopic (exact) mass is 704 g/mol. The van der Waals surface area contributed by atoms with Crippen LogP contribution in [-0.2, 0) is 20.2 Å². The fourth-order valence-corrected chi connectivity index (χ4v) is 5.50. The van der Waals surface area contributed by atoms with Crippen molar-refractivity contribution in [2.24, 2.45) is 20.2 Å². The Morgan fingerprint density at radius 1 is 0.714 bits per heavy atom. The molecule has 0 aliphatic heterocycles. The van der Waals surface area contributed by atoms with Gasteiger partial charge in [0.15, 0.2) is 5.75 Å². The number of phenols is 1. The zero-order valence-corrected chi connectivity index (χ0v) is 26.2. The summed E-state index contributed by atoms with van der Waals surface area (Å²) in [7, 11) is -10.2. The number of aromatic amines is 2. The number of carboxylic acid groups (broad SMARTS) is 2. The van der Waals surface area contributed by atoms with E-state index in [1.807, 2.05) is 0 Å². The smallest absolute Gasteiger partial charge is 0.337 e. The van der Waals surface area contributed by atoms with Crippen LogP contribution < -0.4 is 11.2 Å². The largest absolute Gasteiger partial charge is 0.505 e. The predicted molar refractivity (Wildman–Crippen MR) is 167 cm³/mol. The molecule has 0 aliphatic rings. The molecule has 8 N–H and O–H groups in total. The Morgan fingerprint density at radius 2 is 1.31 bits per heavy atom. The summed E-state index contributed by atoms with van der Waals surface area (Å²) in [6.45, 7) is 0. The summed E-state index contributed by atoms with van der Waals surface area (Å²) >= 11 is 0. The molecule has 0 fully saturated rings. The van der Waals surface area contributed by atoms with Crippen molar-refractivity contribution in [1.29, 1.82) is 0 Å². The molecule has 5 aromatic rings. The Labute approximate surface area is 285 Å². The van der Waals surface area contributed by atoms with Crippen LogP contribution in [0.25, 0.3) is 10.8 Å². The molecule has 0 unspecified atom stereocenters. The minimum absolute atomic E-state index is 0. The van der Waals surface area contributed by atoms with Crippen LogP contribution in [0, 0.1) is 0 Å². The van der Waals surface area contributed by atoms with Gasteiger partial charge in [0.05, 0.1) is 32.8 Å². The van der Waals surface area contributed by atoms with Crippen LogP contribution >= 0.6 is 0 Å². The fraction of sp³-hybridized carbons (Fsp3) is 0. The fourth-order valence-electron chi connectivity index (χ4n) is 4.31. The number of hydrogen-bond acceptors (Lipinski definition) is 13. The standard InChI is InChI=1S/C27H19N7O12S2.Li/c35-22-20-12(10-19(48(44,45)46)21(22)34-33-17-8-4-2-6-15(17)24(38)39)9-13(47(41,42)43)11-18(20)29-26-30-25(31-27(40)32-26)28-16-7-3-1-5-14(16)23(36)37;/h1-11,35H,(H,36,37)(H,38,39)(H,41,42,43)(H,44,45,46)(H3,28,29,30,31,32,40);. The number of aromatic carboxylic acids is 2. The molecule has 0 saturated heterocycles. The van der Waals surface area contributed by atoms with Crippen LogP contribution in [0.4, 0.5) is 22.7 Å². The minimum atomic E-state index is -5.23. The molecule has 0 atom stereocenters. The quantitative estimate of drug-likeness (QED) is 0.0655. The number of aromatic nitrogens is 3. The molecule has 247 valence electrons. The van der Waals surface area contributed by atoms with Crippen LogP contribution in [0.3, 0.4) is 0 Å². The average Bonchev–Trinajstić information content (AvgIpc) is 2.99. The number of aromatic hydroxyl groups is 2. The van der Waals surface area contributed by atoms with E-state index in [9.17, 15) is 56.0 Å². The molecule has 22 heteroatoms. The molecule has 5 rings (SSSR count). The first kappa shape index (κ1) is 36.1. The van der Waals surface area contributed by atoms with Gasteiger partial charge in [0.1, 0.15) is 16.3 Å². The van der Waals surface area contributed by atoms with Crippen LogP contribution in [0.2, 0.25) is 0 Å². The van der Waals surface area contributed by atoms with E-state index < -0.39 is 87.1 Å². The second-order valence-electron chi connectivity index (χ2n) is 9.49. The number of carboxylic acids is 2. The number of para-hydroxylation sites is 1. The molecular formula is C27H19LiN7O12S2. The van der Waals surface area contributed by atoms with E-state index in [0.29, 0.717) is 6.07 Å². The first-order valence-electron chi connectivity index (χ1n) is 12.9. The van der Waals surface area contributed by atoms with Gasteiger partial charge in [-0.05, 0) is 47.9 Å². The maximum atomic E-state index is 12.4. The Hall–Kier alpha value is -5.69. The predicted octanol–water partition coefficient (Wildman–Crippen LogP) is 2.69. The number of rotatable bonds is 8. The molecule has 0 spiro atoms. The van der Waals surface area contributed by atoms with Gasteiger partial charge < -0.3 is 20.4 Å². The summed E-state index contributed by atoms with van der Waals surface area (Å²) in [6.07, 6.45) is 0. The van der Waals surface area contributed by atoms with Gasteiger partial charge in [-0.2, -0.15) is 21.8 Å². The number of benzene rings is 4. The van der Waals surface area contributed by atoms with Crippen molar-refractivity contribution in [3.8, 4) is 11.8 Å². The summed E-state index contributed by atoms with van der Waals surface area (Å²) in [6, 6.07) is 12.1. The zero-order chi connectivity index (χ0) is 35.0. The number of H-pyrrole nitrogens is 2. The van der Waals surface area contributed by atoms with Crippen LogP contribution in [-0.4, -0.2) is 92.1 Å². The van der Waals surface area contributed by atoms with E-state index in [4.69, 9.17) is 0 Å². The third-order valence-corrected chi connectivity index (χ3v) is 8.03. The van der Waals surface area contributed by atoms with Crippen molar-refractivity contribution in [2.45, 2.75) is 9.79 Å². The van der Waals surface area contributed by atoms with Gasteiger partial charge in [-0.1, -0.05) is 24.3 Å². The summed E-state index contributed by atoms with van der Waals surface area (Å²) in [5.74, 6) is -3.78. The Kier molecular flexibility index (Phi) is 10.2. The topological polar surface area (TPSA) is 318 Å². The van der Waals surface area contributed by atoms with E-state index in [1.54, 1.807) is 0 Å². The van der Waals surface area contributed by atoms with E-state index in [-0.39, 0.29) is 41.4 Å². The molecule has 19 nitrogen and oxygen atoms in total. The third-order valence-electron chi connectivity index (χ3n) is 6.34. The number of hydrogen-bond donors (Lipinski definition) is 8. The van der Waals surface area contributed by atoms with E-state index in [1.165, 1.54) is 48.5 Å². The van der Waals surface area contributed by atoms with Crippen LogP contribution in [0.1, 0.15) is 20.7 Å². The molecule has 1 heterocycles. The van der Waals surface area contributed by atoms with Gasteiger partial charge in [0, 0.05) is 18.9 Å². The summed E-state index contributed by atoms with van der Waals surface area (Å²) in [4.78, 5) is 38.0. The molecule has 4 aromatic carbocycles. The van der Waals surface area contributed by atoms with Gasteiger partial charge >= 0.3 is 11.9 Å². The first-order valence-corrected chi connectivity index (χ1v) is 15.7. The molecule has 0 amide bonds. The number of phenolic OH excluding ortho intramolecular Hbond substituents is 1. The number of carbonyl (C=O) groups is 2. The van der Waals surface area contributed by atoms with E-state index in [0.717, 1.165) is 12.1 Å². The second kappa shape index (κ2) is 13.8. The first-order chi connectivity index (χ1) is 22.5. The molecular weight excluding hydrogens is 685 g/mol.